The van der Waals surface area contributed by atoms with E-state index in [4.69, 9.17) is 0 Å². The first-order chi connectivity index (χ1) is 14.1. The van der Waals surface area contributed by atoms with Gasteiger partial charge in [-0.1, -0.05) is 0 Å². The summed E-state index contributed by atoms with van der Waals surface area (Å²) in [6.07, 6.45) is 5.35. The molecule has 1 saturated heterocycles. The molecule has 3 N–H and O–H groups in total. The molecule has 1 fully saturated rings. The summed E-state index contributed by atoms with van der Waals surface area (Å²) in [6, 6.07) is 3.71. The number of alkyl halides is 1. The largest absolute Gasteiger partial charge is 0.361 e. The van der Waals surface area contributed by atoms with Gasteiger partial charge in [0.05, 0.1) is 17.9 Å². The Bertz CT molecular complexity index is 1170. The van der Waals surface area contributed by atoms with Crippen molar-refractivity contribution in [2.45, 2.75) is 12.2 Å². The van der Waals surface area contributed by atoms with Crippen LogP contribution in [0.25, 0.3) is 28.4 Å². The lowest BCUT2D eigenvalue weighted by molar-refractivity contribution is 0.341. The molecule has 5 rings (SSSR count). The molecule has 2 atom stereocenters. The number of aromatic amines is 1. The average molecular weight is 399 g/mol. The van der Waals surface area contributed by atoms with E-state index in [-0.39, 0.29) is 18.1 Å². The highest BCUT2D eigenvalue weighted by molar-refractivity contribution is 5.67. The molecule has 29 heavy (non-hydrogen) atoms. The minimum atomic E-state index is -1.18. The molecule has 1 aliphatic rings. The number of nitrogens with one attached hydrogen (secondary N) is 3. The van der Waals surface area contributed by atoms with Crippen LogP contribution < -0.4 is 10.6 Å². The van der Waals surface area contributed by atoms with Gasteiger partial charge in [-0.2, -0.15) is 0 Å². The third-order valence-electron chi connectivity index (χ3n) is 4.92. The first kappa shape index (κ1) is 17.7. The zero-order valence-electron chi connectivity index (χ0n) is 15.0. The Kier molecular flexibility index (Phi) is 4.20. The summed E-state index contributed by atoms with van der Waals surface area (Å²) in [4.78, 5) is 15.6. The van der Waals surface area contributed by atoms with Crippen LogP contribution in [-0.4, -0.2) is 49.6 Å². The normalized spacial score (nSPS) is 19.1. The van der Waals surface area contributed by atoms with Crippen molar-refractivity contribution < 1.29 is 13.2 Å². The fourth-order valence-electron chi connectivity index (χ4n) is 3.44. The van der Waals surface area contributed by atoms with Gasteiger partial charge in [-0.05, 0) is 12.1 Å². The maximum Gasteiger partial charge on any atom is 0.168 e. The van der Waals surface area contributed by atoms with Crippen LogP contribution in [0.5, 0.6) is 0 Å². The van der Waals surface area contributed by atoms with Crippen molar-refractivity contribution in [3.05, 3.63) is 54.6 Å². The molecule has 10 heteroatoms. The lowest BCUT2D eigenvalue weighted by Crippen LogP contribution is -2.30. The molecule has 148 valence electrons. The van der Waals surface area contributed by atoms with Crippen LogP contribution in [-0.2, 0) is 0 Å². The van der Waals surface area contributed by atoms with Crippen LogP contribution in [0.1, 0.15) is 0 Å². The summed E-state index contributed by atoms with van der Waals surface area (Å²) >= 11 is 0. The van der Waals surface area contributed by atoms with Gasteiger partial charge in [-0.3, -0.25) is 4.40 Å². The van der Waals surface area contributed by atoms with E-state index >= 15 is 0 Å². The second kappa shape index (κ2) is 6.89. The number of H-pyrrole nitrogens is 1. The van der Waals surface area contributed by atoms with Crippen molar-refractivity contribution in [2.24, 2.45) is 0 Å². The van der Waals surface area contributed by atoms with Crippen LogP contribution >= 0.6 is 0 Å². The summed E-state index contributed by atoms with van der Waals surface area (Å²) in [7, 11) is 0. The zero-order chi connectivity index (χ0) is 20.0. The molecule has 4 aromatic rings. The number of rotatable bonds is 4. The predicted octanol–water partition coefficient (Wildman–Crippen LogP) is 2.79. The molecule has 1 aliphatic heterocycles. The van der Waals surface area contributed by atoms with Crippen LogP contribution in [0, 0.1) is 11.6 Å². The van der Waals surface area contributed by atoms with Gasteiger partial charge in [0, 0.05) is 43.3 Å². The SMILES string of the molecule is Fc1cc(F)c(-c2cnc3cc(-c4ncc[nH]4)ccn23)nc1NC1CNCC1F. The third kappa shape index (κ3) is 3.11. The third-order valence-corrected chi connectivity index (χ3v) is 4.92. The number of halogens is 3. The molecule has 2 unspecified atom stereocenters. The fraction of sp³-hybridized carbons (Fsp3) is 0.211. The van der Waals surface area contributed by atoms with Crippen molar-refractivity contribution in [1.29, 1.82) is 0 Å². The molecule has 0 aliphatic carbocycles. The van der Waals surface area contributed by atoms with Crippen molar-refractivity contribution in [3.8, 4) is 22.8 Å². The monoisotopic (exact) mass is 399 g/mol. The molecule has 5 heterocycles. The highest BCUT2D eigenvalue weighted by atomic mass is 19.1. The van der Waals surface area contributed by atoms with Gasteiger partial charge in [0.15, 0.2) is 17.5 Å². The van der Waals surface area contributed by atoms with Crippen molar-refractivity contribution in [3.63, 3.8) is 0 Å². The average Bonchev–Trinajstić information content (AvgIpc) is 3.45. The van der Waals surface area contributed by atoms with Crippen molar-refractivity contribution in [2.75, 3.05) is 18.4 Å². The van der Waals surface area contributed by atoms with Gasteiger partial charge in [0.1, 0.15) is 23.3 Å². The summed E-state index contributed by atoms with van der Waals surface area (Å²) in [5, 5.41) is 5.60. The quantitative estimate of drug-likeness (QED) is 0.492. The maximum atomic E-state index is 14.5. The van der Waals surface area contributed by atoms with Gasteiger partial charge in [0.2, 0.25) is 0 Å². The topological polar surface area (TPSA) is 82.9 Å². The standard InChI is InChI=1S/C19H16F3N7/c20-11-6-12(21)19(27-14-8-23-7-13(14)22)28-17(11)15-9-26-16-5-10(1-4-29(15)16)18-24-2-3-25-18/h1-6,9,13-14,23H,7-8H2,(H,24,25)(H,27,28). The zero-order valence-corrected chi connectivity index (χ0v) is 15.0. The Morgan fingerprint density at radius 1 is 1.14 bits per heavy atom. The number of nitrogens with zero attached hydrogens (tertiary/aromatic N) is 4. The van der Waals surface area contributed by atoms with E-state index in [1.807, 2.05) is 0 Å². The molecule has 0 radical (unpaired) electrons. The number of pyridine rings is 2. The Morgan fingerprint density at radius 2 is 2.03 bits per heavy atom. The van der Waals surface area contributed by atoms with Crippen molar-refractivity contribution in [1.82, 2.24) is 29.7 Å². The first-order valence-corrected chi connectivity index (χ1v) is 9.05. The molecule has 0 bridgehead atoms. The lowest BCUT2D eigenvalue weighted by Gasteiger charge is -2.16. The number of hydrogen-bond donors (Lipinski definition) is 3. The molecule has 0 saturated carbocycles. The fourth-order valence-corrected chi connectivity index (χ4v) is 3.44. The Hall–Kier alpha value is -3.40. The van der Waals surface area contributed by atoms with Crippen LogP contribution in [0.3, 0.4) is 0 Å². The number of fused-ring (bicyclic) bond motifs is 1. The van der Waals surface area contributed by atoms with E-state index in [0.717, 1.165) is 11.6 Å². The summed E-state index contributed by atoms with van der Waals surface area (Å²) in [6.45, 7) is 0.513. The van der Waals surface area contributed by atoms with Gasteiger partial charge in [-0.15, -0.1) is 0 Å². The second-order valence-corrected chi connectivity index (χ2v) is 6.80. The number of hydrogen-bond acceptors (Lipinski definition) is 5. The first-order valence-electron chi connectivity index (χ1n) is 9.05. The molecule has 0 spiro atoms. The van der Waals surface area contributed by atoms with Gasteiger partial charge in [0.25, 0.3) is 0 Å². The van der Waals surface area contributed by atoms with E-state index in [1.165, 1.54) is 6.20 Å². The Balaban J connectivity index is 1.54. The molecule has 0 amide bonds. The molecule has 0 aromatic carbocycles. The molecule has 4 aromatic heterocycles. The highest BCUT2D eigenvalue weighted by Crippen LogP contribution is 2.27. The van der Waals surface area contributed by atoms with E-state index in [2.05, 4.69) is 30.6 Å². The lowest BCUT2D eigenvalue weighted by atomic mass is 10.2. The number of imidazole rings is 2. The summed E-state index contributed by atoms with van der Waals surface area (Å²) < 4.78 is 44.3. The van der Waals surface area contributed by atoms with E-state index in [1.54, 1.807) is 35.1 Å². The highest BCUT2D eigenvalue weighted by Gasteiger charge is 2.28. The maximum absolute atomic E-state index is 14.5. The molecule has 7 nitrogen and oxygen atoms in total. The minimum absolute atomic E-state index is 0.0755. The smallest absolute Gasteiger partial charge is 0.168 e. The van der Waals surface area contributed by atoms with E-state index in [0.29, 0.717) is 23.7 Å². The molecular weight excluding hydrogens is 383 g/mol. The van der Waals surface area contributed by atoms with E-state index in [9.17, 15) is 13.2 Å². The number of aromatic nitrogens is 5. The predicted molar refractivity (Wildman–Crippen MR) is 101 cm³/mol. The van der Waals surface area contributed by atoms with Crippen LogP contribution in [0.15, 0.2) is 43.0 Å². The van der Waals surface area contributed by atoms with Crippen LogP contribution in [0.4, 0.5) is 19.0 Å². The second-order valence-electron chi connectivity index (χ2n) is 6.80. The Labute approximate surface area is 163 Å². The van der Waals surface area contributed by atoms with Crippen LogP contribution in [0.2, 0.25) is 0 Å². The van der Waals surface area contributed by atoms with Gasteiger partial charge < -0.3 is 15.6 Å². The van der Waals surface area contributed by atoms with Gasteiger partial charge in [-0.25, -0.2) is 28.1 Å². The summed E-state index contributed by atoms with van der Waals surface area (Å²) in [5.74, 6) is -1.22. The number of anilines is 1. The summed E-state index contributed by atoms with van der Waals surface area (Å²) in [5.41, 5.74) is 1.65. The van der Waals surface area contributed by atoms with Crippen molar-refractivity contribution >= 4 is 11.5 Å². The van der Waals surface area contributed by atoms with Gasteiger partial charge >= 0.3 is 0 Å². The molecular formula is C19H16F3N7. The minimum Gasteiger partial charge on any atom is -0.361 e. The van der Waals surface area contributed by atoms with E-state index < -0.39 is 23.8 Å². The Morgan fingerprint density at radius 3 is 2.79 bits per heavy atom.